The summed E-state index contributed by atoms with van der Waals surface area (Å²) in [6.07, 6.45) is 1.53. The van der Waals surface area contributed by atoms with Crippen LogP contribution in [0, 0.1) is 0 Å². The fraction of sp³-hybridized carbons (Fsp3) is 0.571. The summed E-state index contributed by atoms with van der Waals surface area (Å²) in [7, 11) is 0. The van der Waals surface area contributed by atoms with Gasteiger partial charge in [0.15, 0.2) is 0 Å². The Hall–Kier alpha value is -0.790. The molecule has 2 heteroatoms. The van der Waals surface area contributed by atoms with Crippen molar-refractivity contribution in [2.24, 2.45) is 0 Å². The number of rotatable bonds is 2. The quantitative estimate of drug-likeness (QED) is 0.420. The molecule has 0 saturated carbocycles. The van der Waals surface area contributed by atoms with Crippen LogP contribution >= 0.6 is 0 Å². The molecule has 0 radical (unpaired) electrons. The second-order valence-electron chi connectivity index (χ2n) is 1.09. The number of hydrogen-bond acceptors (Lipinski definition) is 2. The van der Waals surface area contributed by atoms with Gasteiger partial charge in [-0.15, -0.1) is 0 Å². The van der Waals surface area contributed by atoms with E-state index in [0.717, 1.165) is 0 Å². The van der Waals surface area contributed by atoms with Gasteiger partial charge in [-0.05, 0) is 0 Å². The largest absolute Gasteiger partial charge is 0.462 e. The first-order valence-electron chi connectivity index (χ1n) is 3.01. The first kappa shape index (κ1) is 11.1. The molecule has 2 nitrogen and oxygen atoms in total. The second kappa shape index (κ2) is 10.2. The average molecular weight is 130 g/mol. The van der Waals surface area contributed by atoms with Crippen molar-refractivity contribution >= 4 is 5.97 Å². The lowest BCUT2D eigenvalue weighted by atomic mass is 10.7. The summed E-state index contributed by atoms with van der Waals surface area (Å²) in [6, 6.07) is 0. The molecule has 0 aliphatic rings. The molecule has 0 spiro atoms. The number of carbonyl (C=O) groups excluding carboxylic acids is 1. The molecule has 0 fully saturated rings. The zero-order chi connectivity index (χ0) is 7.70. The summed E-state index contributed by atoms with van der Waals surface area (Å²) in [5.74, 6) is -0.264. The van der Waals surface area contributed by atoms with E-state index in [1.54, 1.807) is 0 Å². The van der Waals surface area contributed by atoms with Crippen molar-refractivity contribution in [2.45, 2.75) is 20.8 Å². The van der Waals surface area contributed by atoms with Gasteiger partial charge in [-0.2, -0.15) is 0 Å². The van der Waals surface area contributed by atoms with Gasteiger partial charge in [0.1, 0.15) is 6.61 Å². The Kier molecular flexibility index (Phi) is 12.6. The number of hydrogen-bond donors (Lipinski definition) is 0. The minimum atomic E-state index is -0.264. The van der Waals surface area contributed by atoms with Crippen LogP contribution in [0.2, 0.25) is 0 Å². The maximum Gasteiger partial charge on any atom is 0.302 e. The van der Waals surface area contributed by atoms with Crippen LogP contribution in [0.1, 0.15) is 20.8 Å². The van der Waals surface area contributed by atoms with Crippen LogP contribution in [0.25, 0.3) is 0 Å². The molecule has 0 bridgehead atoms. The molecule has 0 aromatic rings. The lowest BCUT2D eigenvalue weighted by Gasteiger charge is -1.90. The Labute approximate surface area is 56.5 Å². The van der Waals surface area contributed by atoms with E-state index in [1.165, 1.54) is 13.0 Å². The van der Waals surface area contributed by atoms with Crippen molar-refractivity contribution in [2.75, 3.05) is 6.61 Å². The summed E-state index contributed by atoms with van der Waals surface area (Å²) in [4.78, 5) is 9.93. The third-order valence-electron chi connectivity index (χ3n) is 0.404. The van der Waals surface area contributed by atoms with Crippen LogP contribution in [-0.4, -0.2) is 12.6 Å². The van der Waals surface area contributed by atoms with E-state index in [-0.39, 0.29) is 5.97 Å². The van der Waals surface area contributed by atoms with E-state index < -0.39 is 0 Å². The monoisotopic (exact) mass is 130 g/mol. The maximum absolute atomic E-state index is 9.93. The molecule has 0 heterocycles. The first-order chi connectivity index (χ1) is 4.27. The Balaban J connectivity index is 0. The summed E-state index contributed by atoms with van der Waals surface area (Å²) >= 11 is 0. The first-order valence-corrected chi connectivity index (χ1v) is 3.01. The molecule has 0 rings (SSSR count). The zero-order valence-electron chi connectivity index (χ0n) is 6.31. The van der Waals surface area contributed by atoms with Crippen LogP contribution in [0.15, 0.2) is 12.7 Å². The van der Waals surface area contributed by atoms with Gasteiger partial charge in [0, 0.05) is 6.92 Å². The van der Waals surface area contributed by atoms with E-state index in [9.17, 15) is 4.79 Å². The van der Waals surface area contributed by atoms with E-state index >= 15 is 0 Å². The van der Waals surface area contributed by atoms with Crippen molar-refractivity contribution in [3.63, 3.8) is 0 Å². The van der Waals surface area contributed by atoms with Crippen LogP contribution in [0.3, 0.4) is 0 Å². The van der Waals surface area contributed by atoms with Crippen LogP contribution in [0.5, 0.6) is 0 Å². The minimum Gasteiger partial charge on any atom is -0.462 e. The molecule has 54 valence electrons. The van der Waals surface area contributed by atoms with Crippen LogP contribution < -0.4 is 0 Å². The van der Waals surface area contributed by atoms with Gasteiger partial charge in [0.2, 0.25) is 0 Å². The zero-order valence-corrected chi connectivity index (χ0v) is 6.31. The molecule has 0 unspecified atom stereocenters. The van der Waals surface area contributed by atoms with E-state index in [4.69, 9.17) is 0 Å². The van der Waals surface area contributed by atoms with Gasteiger partial charge >= 0.3 is 5.97 Å². The summed E-state index contributed by atoms with van der Waals surface area (Å²) in [5.41, 5.74) is 0. The molecular formula is C7H14O2. The normalized spacial score (nSPS) is 6.56. The van der Waals surface area contributed by atoms with Crippen molar-refractivity contribution in [3.05, 3.63) is 12.7 Å². The van der Waals surface area contributed by atoms with Gasteiger partial charge in [0.25, 0.3) is 0 Å². The van der Waals surface area contributed by atoms with E-state index in [2.05, 4.69) is 11.3 Å². The predicted molar refractivity (Wildman–Crippen MR) is 38.2 cm³/mol. The molecule has 9 heavy (non-hydrogen) atoms. The smallest absolute Gasteiger partial charge is 0.302 e. The molecular weight excluding hydrogens is 116 g/mol. The highest BCUT2D eigenvalue weighted by Crippen LogP contribution is 1.73. The van der Waals surface area contributed by atoms with Gasteiger partial charge in [0.05, 0.1) is 0 Å². The Morgan fingerprint density at radius 3 is 2.22 bits per heavy atom. The van der Waals surface area contributed by atoms with E-state index in [1.807, 2.05) is 13.8 Å². The SMILES string of the molecule is C=CCOC(C)=O.CC. The molecule has 0 atom stereocenters. The van der Waals surface area contributed by atoms with Crippen molar-refractivity contribution in [1.82, 2.24) is 0 Å². The summed E-state index contributed by atoms with van der Waals surface area (Å²) in [5, 5.41) is 0. The van der Waals surface area contributed by atoms with Gasteiger partial charge in [-0.3, -0.25) is 4.79 Å². The average Bonchev–Trinajstić information content (AvgIpc) is 1.88. The maximum atomic E-state index is 9.93. The highest BCUT2D eigenvalue weighted by atomic mass is 16.5. The van der Waals surface area contributed by atoms with Crippen molar-refractivity contribution in [1.29, 1.82) is 0 Å². The van der Waals surface area contributed by atoms with Gasteiger partial charge in [-0.25, -0.2) is 0 Å². The molecule has 0 aliphatic carbocycles. The fourth-order valence-electron chi connectivity index (χ4n) is 0.176. The number of esters is 1. The standard InChI is InChI=1S/C5H8O2.C2H6/c1-3-4-7-5(2)6;1-2/h3H,1,4H2,2H3;1-2H3. The Bertz CT molecular complexity index is 77.0. The van der Waals surface area contributed by atoms with Crippen molar-refractivity contribution in [3.8, 4) is 0 Å². The predicted octanol–water partition coefficient (Wildman–Crippen LogP) is 1.76. The second-order valence-corrected chi connectivity index (χ2v) is 1.09. The fourth-order valence-corrected chi connectivity index (χ4v) is 0.176. The third kappa shape index (κ3) is 19.0. The molecule has 0 aliphatic heterocycles. The number of carbonyl (C=O) groups is 1. The number of ether oxygens (including phenoxy) is 1. The summed E-state index contributed by atoms with van der Waals surface area (Å²) < 4.78 is 4.43. The highest BCUT2D eigenvalue weighted by Gasteiger charge is 1.83. The molecule has 0 N–H and O–H groups in total. The molecule has 0 saturated heterocycles. The highest BCUT2D eigenvalue weighted by molar-refractivity contribution is 5.65. The summed E-state index contributed by atoms with van der Waals surface area (Å²) in [6.45, 7) is 9.03. The van der Waals surface area contributed by atoms with Gasteiger partial charge in [-0.1, -0.05) is 26.5 Å². The molecule has 0 amide bonds. The third-order valence-corrected chi connectivity index (χ3v) is 0.404. The lowest BCUT2D eigenvalue weighted by Crippen LogP contribution is -1.96. The van der Waals surface area contributed by atoms with Crippen LogP contribution in [-0.2, 0) is 9.53 Å². The topological polar surface area (TPSA) is 26.3 Å². The van der Waals surface area contributed by atoms with Crippen molar-refractivity contribution < 1.29 is 9.53 Å². The molecule has 0 aromatic carbocycles. The van der Waals surface area contributed by atoms with Crippen LogP contribution in [0.4, 0.5) is 0 Å². The Morgan fingerprint density at radius 1 is 1.67 bits per heavy atom. The molecule has 0 aromatic heterocycles. The van der Waals surface area contributed by atoms with Gasteiger partial charge < -0.3 is 4.74 Å². The van der Waals surface area contributed by atoms with E-state index in [0.29, 0.717) is 6.61 Å². The lowest BCUT2D eigenvalue weighted by molar-refractivity contribution is -0.139. The Morgan fingerprint density at radius 2 is 2.11 bits per heavy atom. The minimum absolute atomic E-state index is 0.264.